The number of halogens is 1. The van der Waals surface area contributed by atoms with Gasteiger partial charge in [0.15, 0.2) is 11.5 Å². The Balaban J connectivity index is 0.00000169. The third-order valence-electron chi connectivity index (χ3n) is 1.80. The molecule has 80 valence electrons. The van der Waals surface area contributed by atoms with Gasteiger partial charge in [-0.25, -0.2) is 0 Å². The Hall–Kier alpha value is -0.970. The molecular formula is C9H14ClNO3. The van der Waals surface area contributed by atoms with Gasteiger partial charge in [0.1, 0.15) is 0 Å². The van der Waals surface area contributed by atoms with E-state index in [0.717, 1.165) is 0 Å². The average molecular weight is 220 g/mol. The second kappa shape index (κ2) is 5.70. The molecule has 0 amide bonds. The monoisotopic (exact) mass is 219 g/mol. The SMILES string of the molecule is CNCC(O)c1cccc(O)c1O.Cl. The zero-order valence-electron chi connectivity index (χ0n) is 7.77. The van der Waals surface area contributed by atoms with E-state index in [2.05, 4.69) is 5.32 Å². The van der Waals surface area contributed by atoms with Crippen LogP contribution in [0.1, 0.15) is 11.7 Å². The Bertz CT molecular complexity index is 293. The maximum atomic E-state index is 9.49. The Morgan fingerprint density at radius 2 is 2.00 bits per heavy atom. The summed E-state index contributed by atoms with van der Waals surface area (Å²) in [6.07, 6.45) is -0.808. The minimum Gasteiger partial charge on any atom is -0.504 e. The number of aliphatic hydroxyl groups is 1. The van der Waals surface area contributed by atoms with E-state index in [1.807, 2.05) is 0 Å². The number of phenolic OH excluding ortho intramolecular Hbond substituents is 2. The van der Waals surface area contributed by atoms with Crippen LogP contribution in [0.2, 0.25) is 0 Å². The number of aromatic hydroxyl groups is 2. The summed E-state index contributed by atoms with van der Waals surface area (Å²) in [5, 5.41) is 30.8. The summed E-state index contributed by atoms with van der Waals surface area (Å²) in [6, 6.07) is 4.51. The first-order chi connectivity index (χ1) is 6.16. The maximum absolute atomic E-state index is 9.49. The molecule has 4 nitrogen and oxygen atoms in total. The number of phenols is 2. The topological polar surface area (TPSA) is 72.7 Å². The molecule has 1 aromatic carbocycles. The van der Waals surface area contributed by atoms with Gasteiger partial charge in [0.05, 0.1) is 6.10 Å². The standard InChI is InChI=1S/C9H13NO3.ClH/c1-10-5-8(12)6-3-2-4-7(11)9(6)13;/h2-4,8,10-13H,5H2,1H3;1H. The van der Waals surface area contributed by atoms with Crippen molar-refractivity contribution in [3.8, 4) is 11.5 Å². The van der Waals surface area contributed by atoms with Gasteiger partial charge in [0.25, 0.3) is 0 Å². The van der Waals surface area contributed by atoms with Gasteiger partial charge >= 0.3 is 0 Å². The lowest BCUT2D eigenvalue weighted by Crippen LogP contribution is -2.16. The fourth-order valence-corrected chi connectivity index (χ4v) is 1.12. The summed E-state index contributed by atoms with van der Waals surface area (Å²) in [4.78, 5) is 0. The molecule has 1 rings (SSSR count). The minimum absolute atomic E-state index is 0. The van der Waals surface area contributed by atoms with Crippen molar-refractivity contribution in [2.75, 3.05) is 13.6 Å². The van der Waals surface area contributed by atoms with Crippen LogP contribution in [0.15, 0.2) is 18.2 Å². The van der Waals surface area contributed by atoms with Crippen molar-refractivity contribution in [2.24, 2.45) is 0 Å². The van der Waals surface area contributed by atoms with E-state index >= 15 is 0 Å². The van der Waals surface area contributed by atoms with Crippen LogP contribution >= 0.6 is 12.4 Å². The minimum atomic E-state index is -0.808. The van der Waals surface area contributed by atoms with Gasteiger partial charge in [-0.2, -0.15) is 0 Å². The van der Waals surface area contributed by atoms with Crippen LogP contribution in [0, 0.1) is 0 Å². The second-order valence-electron chi connectivity index (χ2n) is 2.79. The second-order valence-corrected chi connectivity index (χ2v) is 2.79. The molecule has 14 heavy (non-hydrogen) atoms. The van der Waals surface area contributed by atoms with Gasteiger partial charge in [-0.1, -0.05) is 12.1 Å². The lowest BCUT2D eigenvalue weighted by molar-refractivity contribution is 0.173. The third kappa shape index (κ3) is 2.77. The van der Waals surface area contributed by atoms with Crippen molar-refractivity contribution in [1.82, 2.24) is 5.32 Å². The van der Waals surface area contributed by atoms with Gasteiger partial charge in [0.2, 0.25) is 0 Å². The number of nitrogens with one attached hydrogen (secondary N) is 1. The number of benzene rings is 1. The molecular weight excluding hydrogens is 206 g/mol. The molecule has 0 saturated heterocycles. The smallest absolute Gasteiger partial charge is 0.163 e. The summed E-state index contributed by atoms with van der Waals surface area (Å²) in [7, 11) is 1.70. The normalized spacial score (nSPS) is 11.9. The highest BCUT2D eigenvalue weighted by Gasteiger charge is 2.13. The highest BCUT2D eigenvalue weighted by Crippen LogP contribution is 2.31. The molecule has 1 unspecified atom stereocenters. The summed E-state index contributed by atoms with van der Waals surface area (Å²) in [6.45, 7) is 0.330. The highest BCUT2D eigenvalue weighted by atomic mass is 35.5. The molecule has 0 aromatic heterocycles. The van der Waals surface area contributed by atoms with Crippen molar-refractivity contribution in [1.29, 1.82) is 0 Å². The fraction of sp³-hybridized carbons (Fsp3) is 0.333. The van der Waals surface area contributed by atoms with E-state index < -0.39 is 6.10 Å². The van der Waals surface area contributed by atoms with E-state index in [9.17, 15) is 10.2 Å². The fourth-order valence-electron chi connectivity index (χ4n) is 1.12. The Morgan fingerprint density at radius 1 is 1.36 bits per heavy atom. The molecule has 0 fully saturated rings. The van der Waals surface area contributed by atoms with E-state index in [1.54, 1.807) is 19.2 Å². The third-order valence-corrected chi connectivity index (χ3v) is 1.80. The van der Waals surface area contributed by atoms with Gasteiger partial charge in [-0.05, 0) is 13.1 Å². The van der Waals surface area contributed by atoms with Crippen LogP contribution in [0.4, 0.5) is 0 Å². The summed E-state index contributed by atoms with van der Waals surface area (Å²) < 4.78 is 0. The average Bonchev–Trinajstić information content (AvgIpc) is 2.10. The molecule has 0 aliphatic heterocycles. The molecule has 0 bridgehead atoms. The molecule has 1 aromatic rings. The van der Waals surface area contributed by atoms with Gasteiger partial charge in [-0.15, -0.1) is 12.4 Å². The molecule has 0 aliphatic rings. The van der Waals surface area contributed by atoms with E-state index in [4.69, 9.17) is 5.11 Å². The number of para-hydroxylation sites is 1. The van der Waals surface area contributed by atoms with Crippen LogP contribution < -0.4 is 5.32 Å². The van der Waals surface area contributed by atoms with Crippen molar-refractivity contribution in [3.63, 3.8) is 0 Å². The molecule has 0 aliphatic carbocycles. The molecule has 0 saturated carbocycles. The lowest BCUT2D eigenvalue weighted by atomic mass is 10.1. The van der Waals surface area contributed by atoms with E-state index in [0.29, 0.717) is 12.1 Å². The van der Waals surface area contributed by atoms with Crippen molar-refractivity contribution in [3.05, 3.63) is 23.8 Å². The van der Waals surface area contributed by atoms with Gasteiger partial charge < -0.3 is 20.6 Å². The van der Waals surface area contributed by atoms with E-state index in [-0.39, 0.29) is 23.9 Å². The lowest BCUT2D eigenvalue weighted by Gasteiger charge is -2.12. The van der Waals surface area contributed by atoms with Crippen molar-refractivity contribution >= 4 is 12.4 Å². The Labute approximate surface area is 88.6 Å². The molecule has 5 heteroatoms. The van der Waals surface area contributed by atoms with Crippen LogP contribution in [0.3, 0.4) is 0 Å². The Morgan fingerprint density at radius 3 is 2.57 bits per heavy atom. The molecule has 1 atom stereocenters. The number of rotatable bonds is 3. The van der Waals surface area contributed by atoms with Crippen molar-refractivity contribution in [2.45, 2.75) is 6.10 Å². The molecule has 0 spiro atoms. The Kier molecular flexibility index (Phi) is 5.30. The highest BCUT2D eigenvalue weighted by molar-refractivity contribution is 5.85. The zero-order chi connectivity index (χ0) is 9.84. The summed E-state index contributed by atoms with van der Waals surface area (Å²) in [5.41, 5.74) is 0.328. The summed E-state index contributed by atoms with van der Waals surface area (Å²) >= 11 is 0. The maximum Gasteiger partial charge on any atom is 0.163 e. The first-order valence-electron chi connectivity index (χ1n) is 4.00. The zero-order valence-corrected chi connectivity index (χ0v) is 8.58. The number of hydrogen-bond donors (Lipinski definition) is 4. The first-order valence-corrected chi connectivity index (χ1v) is 4.00. The van der Waals surface area contributed by atoms with Crippen LogP contribution in [0.25, 0.3) is 0 Å². The van der Waals surface area contributed by atoms with Gasteiger partial charge in [-0.3, -0.25) is 0 Å². The number of aliphatic hydroxyl groups excluding tert-OH is 1. The van der Waals surface area contributed by atoms with Gasteiger partial charge in [0, 0.05) is 12.1 Å². The number of hydrogen-bond acceptors (Lipinski definition) is 4. The first kappa shape index (κ1) is 13.0. The van der Waals surface area contributed by atoms with E-state index in [1.165, 1.54) is 6.07 Å². The molecule has 4 N–H and O–H groups in total. The molecule has 0 radical (unpaired) electrons. The van der Waals surface area contributed by atoms with Crippen LogP contribution in [0.5, 0.6) is 11.5 Å². The predicted molar refractivity (Wildman–Crippen MR) is 55.9 cm³/mol. The largest absolute Gasteiger partial charge is 0.504 e. The van der Waals surface area contributed by atoms with Crippen molar-refractivity contribution < 1.29 is 15.3 Å². The quantitative estimate of drug-likeness (QED) is 0.567. The molecule has 0 heterocycles. The predicted octanol–water partition coefficient (Wildman–Crippen LogP) is 0.772. The summed E-state index contributed by atoms with van der Waals surface area (Å²) in [5.74, 6) is -0.474. The number of likely N-dealkylation sites (N-methyl/N-ethyl adjacent to an activating group) is 1. The van der Waals surface area contributed by atoms with Crippen LogP contribution in [-0.4, -0.2) is 28.9 Å². The van der Waals surface area contributed by atoms with Crippen LogP contribution in [-0.2, 0) is 0 Å².